The lowest BCUT2D eigenvalue weighted by Crippen LogP contribution is -2.53. The second kappa shape index (κ2) is 5.44. The summed E-state index contributed by atoms with van der Waals surface area (Å²) in [6, 6.07) is 2.90. The summed E-state index contributed by atoms with van der Waals surface area (Å²) >= 11 is 0. The molecule has 0 amide bonds. The van der Waals surface area contributed by atoms with Gasteiger partial charge in [-0.2, -0.15) is 0 Å². The standard InChI is InChI=1S/C12H18N2O4S/c1-9-4-3-5-10(2)14(9)13-19(16,17)12-7-6-11(8-15)18-12/h6-10,13H,3-5H2,1-2H3. The molecule has 2 heterocycles. The number of carbonyl (C=O) groups is 1. The molecule has 19 heavy (non-hydrogen) atoms. The quantitative estimate of drug-likeness (QED) is 0.849. The Morgan fingerprint density at radius 1 is 1.32 bits per heavy atom. The number of hydrazine groups is 1. The van der Waals surface area contributed by atoms with Crippen molar-refractivity contribution in [3.63, 3.8) is 0 Å². The smallest absolute Gasteiger partial charge is 0.286 e. The minimum absolute atomic E-state index is 0.000107. The van der Waals surface area contributed by atoms with Gasteiger partial charge in [-0.15, -0.1) is 4.83 Å². The Morgan fingerprint density at radius 2 is 1.95 bits per heavy atom. The first-order valence-corrected chi connectivity index (χ1v) is 7.78. The summed E-state index contributed by atoms with van der Waals surface area (Å²) in [5, 5.41) is 1.50. The number of rotatable bonds is 4. The largest absolute Gasteiger partial charge is 0.440 e. The van der Waals surface area contributed by atoms with Gasteiger partial charge in [0.1, 0.15) is 0 Å². The third-order valence-electron chi connectivity index (χ3n) is 3.40. The molecule has 106 valence electrons. The summed E-state index contributed by atoms with van der Waals surface area (Å²) < 4.78 is 29.3. The second-order valence-electron chi connectivity index (χ2n) is 4.91. The predicted octanol–water partition coefficient (Wildman–Crippen LogP) is 1.55. The number of furan rings is 1. The number of hydrogen-bond donors (Lipinski definition) is 1. The lowest BCUT2D eigenvalue weighted by Gasteiger charge is -2.38. The van der Waals surface area contributed by atoms with Crippen LogP contribution in [0.5, 0.6) is 0 Å². The Hall–Kier alpha value is -1.18. The molecule has 1 N–H and O–H groups in total. The third-order valence-corrected chi connectivity index (χ3v) is 4.60. The van der Waals surface area contributed by atoms with Crippen molar-refractivity contribution in [1.82, 2.24) is 9.84 Å². The van der Waals surface area contributed by atoms with Crippen molar-refractivity contribution >= 4 is 16.3 Å². The van der Waals surface area contributed by atoms with Crippen LogP contribution < -0.4 is 4.83 Å². The van der Waals surface area contributed by atoms with Crippen LogP contribution >= 0.6 is 0 Å². The van der Waals surface area contributed by atoms with E-state index >= 15 is 0 Å². The summed E-state index contributed by atoms with van der Waals surface area (Å²) in [5.41, 5.74) is 0. The summed E-state index contributed by atoms with van der Waals surface area (Å²) in [6.07, 6.45) is 3.47. The summed E-state index contributed by atoms with van der Waals surface area (Å²) in [5.74, 6) is 0.000107. The lowest BCUT2D eigenvalue weighted by atomic mass is 10.0. The fourth-order valence-electron chi connectivity index (χ4n) is 2.33. The van der Waals surface area contributed by atoms with Crippen LogP contribution in [0.2, 0.25) is 0 Å². The minimum Gasteiger partial charge on any atom is -0.440 e. The van der Waals surface area contributed by atoms with Crippen LogP contribution in [0.15, 0.2) is 21.6 Å². The average Bonchev–Trinajstić information content (AvgIpc) is 2.83. The molecule has 1 aromatic rings. The molecule has 0 aromatic carbocycles. The molecular weight excluding hydrogens is 268 g/mol. The number of nitrogens with zero attached hydrogens (tertiary/aromatic N) is 1. The van der Waals surface area contributed by atoms with E-state index in [0.717, 1.165) is 19.3 Å². The Morgan fingerprint density at radius 3 is 2.47 bits per heavy atom. The number of piperidine rings is 1. The molecule has 1 aromatic heterocycles. The number of hydrogen-bond acceptors (Lipinski definition) is 5. The number of sulfonamides is 1. The molecular formula is C12H18N2O4S. The van der Waals surface area contributed by atoms with Crippen molar-refractivity contribution in [3.8, 4) is 0 Å². The molecule has 1 aliphatic rings. The van der Waals surface area contributed by atoms with Crippen LogP contribution in [-0.4, -0.2) is 31.8 Å². The average molecular weight is 286 g/mol. The van der Waals surface area contributed by atoms with E-state index in [2.05, 4.69) is 4.83 Å². The zero-order valence-corrected chi connectivity index (χ0v) is 11.8. The maximum atomic E-state index is 12.2. The van der Waals surface area contributed by atoms with Gasteiger partial charge in [-0.1, -0.05) is 6.42 Å². The van der Waals surface area contributed by atoms with Gasteiger partial charge in [-0.3, -0.25) is 4.79 Å². The van der Waals surface area contributed by atoms with Crippen LogP contribution in [0.25, 0.3) is 0 Å². The zero-order valence-electron chi connectivity index (χ0n) is 11.0. The monoisotopic (exact) mass is 286 g/mol. The fourth-order valence-corrected chi connectivity index (χ4v) is 3.51. The van der Waals surface area contributed by atoms with Crippen LogP contribution in [-0.2, 0) is 10.0 Å². The highest BCUT2D eigenvalue weighted by Gasteiger charge is 2.30. The highest BCUT2D eigenvalue weighted by Crippen LogP contribution is 2.22. The Bertz CT molecular complexity index is 542. The van der Waals surface area contributed by atoms with E-state index in [0.29, 0.717) is 6.29 Å². The van der Waals surface area contributed by atoms with Gasteiger partial charge in [-0.25, -0.2) is 13.4 Å². The van der Waals surface area contributed by atoms with Crippen LogP contribution in [0.1, 0.15) is 43.7 Å². The van der Waals surface area contributed by atoms with Crippen molar-refractivity contribution in [2.24, 2.45) is 0 Å². The van der Waals surface area contributed by atoms with Crippen LogP contribution in [0.4, 0.5) is 0 Å². The van der Waals surface area contributed by atoms with Gasteiger partial charge >= 0.3 is 0 Å². The first kappa shape index (κ1) is 14.2. The molecule has 1 aliphatic heterocycles. The fraction of sp³-hybridized carbons (Fsp3) is 0.583. The Balaban J connectivity index is 2.18. The van der Waals surface area contributed by atoms with Gasteiger partial charge in [0.2, 0.25) is 5.09 Å². The van der Waals surface area contributed by atoms with Gasteiger partial charge in [0.15, 0.2) is 12.0 Å². The van der Waals surface area contributed by atoms with Crippen LogP contribution in [0, 0.1) is 0 Å². The molecule has 7 heteroatoms. The van der Waals surface area contributed by atoms with E-state index in [1.54, 1.807) is 5.01 Å². The van der Waals surface area contributed by atoms with E-state index in [1.807, 2.05) is 13.8 Å². The number of carbonyl (C=O) groups excluding carboxylic acids is 1. The molecule has 1 fully saturated rings. The maximum Gasteiger partial charge on any atom is 0.286 e. The predicted molar refractivity (Wildman–Crippen MR) is 69.0 cm³/mol. The Kier molecular flexibility index (Phi) is 4.07. The lowest BCUT2D eigenvalue weighted by molar-refractivity contribution is 0.0783. The van der Waals surface area contributed by atoms with Gasteiger partial charge in [-0.05, 0) is 38.8 Å². The molecule has 0 aliphatic carbocycles. The summed E-state index contributed by atoms with van der Waals surface area (Å²) in [4.78, 5) is 13.1. The van der Waals surface area contributed by atoms with E-state index in [4.69, 9.17) is 4.42 Å². The van der Waals surface area contributed by atoms with Crippen LogP contribution in [0.3, 0.4) is 0 Å². The normalized spacial score (nSPS) is 25.4. The van der Waals surface area contributed by atoms with Gasteiger partial charge in [0.25, 0.3) is 10.0 Å². The molecule has 1 saturated heterocycles. The van der Waals surface area contributed by atoms with E-state index < -0.39 is 10.0 Å². The SMILES string of the molecule is CC1CCCC(C)N1NS(=O)(=O)c1ccc(C=O)o1. The molecule has 2 atom stereocenters. The maximum absolute atomic E-state index is 12.2. The van der Waals surface area contributed by atoms with E-state index in [9.17, 15) is 13.2 Å². The topological polar surface area (TPSA) is 79.6 Å². The van der Waals surface area contributed by atoms with E-state index in [1.165, 1.54) is 12.1 Å². The Labute approximate surface area is 112 Å². The molecule has 0 saturated carbocycles. The first-order chi connectivity index (χ1) is 8.94. The van der Waals surface area contributed by atoms with E-state index in [-0.39, 0.29) is 22.9 Å². The molecule has 2 unspecified atom stereocenters. The van der Waals surface area contributed by atoms with Gasteiger partial charge in [0, 0.05) is 12.1 Å². The highest BCUT2D eigenvalue weighted by atomic mass is 32.2. The van der Waals surface area contributed by atoms with Crippen molar-refractivity contribution in [2.45, 2.75) is 50.3 Å². The first-order valence-electron chi connectivity index (χ1n) is 6.30. The molecule has 0 bridgehead atoms. The van der Waals surface area contributed by atoms with Gasteiger partial charge in [0.05, 0.1) is 0 Å². The zero-order chi connectivity index (χ0) is 14.0. The molecule has 0 radical (unpaired) electrons. The van der Waals surface area contributed by atoms with Crippen molar-refractivity contribution in [3.05, 3.63) is 17.9 Å². The van der Waals surface area contributed by atoms with Crippen molar-refractivity contribution < 1.29 is 17.6 Å². The third kappa shape index (κ3) is 3.05. The minimum atomic E-state index is -3.76. The van der Waals surface area contributed by atoms with Gasteiger partial charge < -0.3 is 4.42 Å². The molecule has 0 spiro atoms. The second-order valence-corrected chi connectivity index (χ2v) is 6.50. The molecule has 2 rings (SSSR count). The van der Waals surface area contributed by atoms with Crippen molar-refractivity contribution in [1.29, 1.82) is 0 Å². The summed E-state index contributed by atoms with van der Waals surface area (Å²) in [7, 11) is -3.76. The summed E-state index contributed by atoms with van der Waals surface area (Å²) in [6.45, 7) is 3.97. The highest BCUT2D eigenvalue weighted by molar-refractivity contribution is 7.89. The number of nitrogens with one attached hydrogen (secondary N) is 1. The number of aldehydes is 1. The van der Waals surface area contributed by atoms with Crippen molar-refractivity contribution in [2.75, 3.05) is 0 Å². The molecule has 6 nitrogen and oxygen atoms in total.